The Morgan fingerprint density at radius 1 is 0.762 bits per heavy atom. The average molecular weight is 361 g/mol. The predicted molar refractivity (Wildman–Crippen MR) is 50.4 cm³/mol. The van der Waals surface area contributed by atoms with E-state index in [1.807, 2.05) is 0 Å². The Labute approximate surface area is 122 Å². The van der Waals surface area contributed by atoms with Crippen LogP contribution in [-0.4, -0.2) is 22.2 Å². The number of rotatable bonds is 2. The molecule has 1 rings (SSSR count). The van der Waals surface area contributed by atoms with Crippen molar-refractivity contribution in [2.75, 3.05) is 0 Å². The van der Waals surface area contributed by atoms with Crippen molar-refractivity contribution in [2.24, 2.45) is 0 Å². The molecule has 0 atom stereocenters. The number of carbonyl (C=O) groups is 2. The van der Waals surface area contributed by atoms with Crippen molar-refractivity contribution in [3.05, 3.63) is 34.4 Å². The third-order valence-electron chi connectivity index (χ3n) is 2.23. The monoisotopic (exact) mass is 361 g/mol. The molecule has 0 spiro atoms. The molecule has 0 fully saturated rings. The van der Waals surface area contributed by atoms with Crippen LogP contribution >= 0.6 is 0 Å². The summed E-state index contributed by atoms with van der Waals surface area (Å²) in [7, 11) is 0. The smallest absolute Gasteiger partial charge is 0.417 e. The van der Waals surface area contributed by atoms with Crippen molar-refractivity contribution >= 4 is 11.9 Å². The van der Waals surface area contributed by atoms with Crippen LogP contribution in [0, 0.1) is 0 Å². The first-order chi connectivity index (χ1) is 8.85. The number of carboxylic acid groups (broad SMARTS) is 2. The maximum Gasteiger partial charge on any atom is 0.417 e. The summed E-state index contributed by atoms with van der Waals surface area (Å²) in [4.78, 5) is 21.2. The Morgan fingerprint density at radius 3 is 1.14 bits per heavy atom. The van der Waals surface area contributed by atoms with E-state index in [9.17, 15) is 35.9 Å². The van der Waals surface area contributed by atoms with E-state index in [2.05, 4.69) is 0 Å². The number of aromatic carboxylic acids is 2. The summed E-state index contributed by atoms with van der Waals surface area (Å²) in [5, 5.41) is 17.1. The van der Waals surface area contributed by atoms with E-state index in [1.165, 1.54) is 0 Å². The van der Waals surface area contributed by atoms with Gasteiger partial charge in [-0.1, -0.05) is 0 Å². The van der Waals surface area contributed by atoms with Crippen molar-refractivity contribution in [3.63, 3.8) is 0 Å². The molecule has 1 aromatic carbocycles. The van der Waals surface area contributed by atoms with Crippen molar-refractivity contribution in [1.29, 1.82) is 0 Å². The normalized spacial score (nSPS) is 11.7. The van der Waals surface area contributed by atoms with Gasteiger partial charge in [-0.05, 0) is 12.1 Å². The molecule has 21 heavy (non-hydrogen) atoms. The molecule has 0 aromatic heterocycles. The molecule has 0 aliphatic carbocycles. The molecule has 0 bridgehead atoms. The first kappa shape index (κ1) is 19.2. The van der Waals surface area contributed by atoms with Gasteiger partial charge in [0.15, 0.2) is 0 Å². The van der Waals surface area contributed by atoms with Crippen LogP contribution in [0.25, 0.3) is 0 Å². The summed E-state index contributed by atoms with van der Waals surface area (Å²) < 4.78 is 75.3. The molecule has 119 valence electrons. The van der Waals surface area contributed by atoms with Crippen LogP contribution in [0.15, 0.2) is 12.1 Å². The van der Waals surface area contributed by atoms with Crippen molar-refractivity contribution in [1.82, 2.24) is 0 Å². The fourth-order valence-corrected chi connectivity index (χ4v) is 1.42. The van der Waals surface area contributed by atoms with Gasteiger partial charge in [0.25, 0.3) is 0 Å². The number of hydrogen-bond acceptors (Lipinski definition) is 2. The maximum atomic E-state index is 12.5. The molecule has 1 radical (unpaired) electrons. The van der Waals surface area contributed by atoms with E-state index in [0.29, 0.717) is 0 Å². The fourth-order valence-electron chi connectivity index (χ4n) is 1.42. The molecule has 0 aliphatic heterocycles. The molecule has 0 saturated heterocycles. The van der Waals surface area contributed by atoms with Crippen LogP contribution in [0.2, 0.25) is 0 Å². The molecule has 0 saturated carbocycles. The molecule has 0 aliphatic rings. The third kappa shape index (κ3) is 4.11. The van der Waals surface area contributed by atoms with Crippen LogP contribution < -0.4 is 0 Å². The van der Waals surface area contributed by atoms with Gasteiger partial charge < -0.3 is 10.2 Å². The van der Waals surface area contributed by atoms with Crippen molar-refractivity contribution < 1.29 is 62.9 Å². The van der Waals surface area contributed by atoms with E-state index in [1.54, 1.807) is 0 Å². The quantitative estimate of drug-likeness (QED) is 0.794. The molecule has 0 unspecified atom stereocenters. The Balaban J connectivity index is 0.00000400. The summed E-state index contributed by atoms with van der Waals surface area (Å²) >= 11 is 0. The van der Waals surface area contributed by atoms with Gasteiger partial charge >= 0.3 is 24.3 Å². The van der Waals surface area contributed by atoms with Crippen LogP contribution in [0.3, 0.4) is 0 Å². The summed E-state index contributed by atoms with van der Waals surface area (Å²) in [6, 6.07) is -0.677. The predicted octanol–water partition coefficient (Wildman–Crippen LogP) is 3.12. The van der Waals surface area contributed by atoms with Gasteiger partial charge in [-0.3, -0.25) is 0 Å². The van der Waals surface area contributed by atoms with E-state index < -0.39 is 46.5 Å². The van der Waals surface area contributed by atoms with Gasteiger partial charge in [-0.25, -0.2) is 9.59 Å². The number of alkyl halides is 6. The Morgan fingerprint density at radius 2 is 1.00 bits per heavy atom. The third-order valence-corrected chi connectivity index (χ3v) is 2.23. The van der Waals surface area contributed by atoms with Crippen molar-refractivity contribution in [3.8, 4) is 0 Å². The van der Waals surface area contributed by atoms with Gasteiger partial charge in [-0.15, -0.1) is 0 Å². The van der Waals surface area contributed by atoms with Crippen LogP contribution in [0.5, 0.6) is 0 Å². The molecule has 4 nitrogen and oxygen atoms in total. The minimum Gasteiger partial charge on any atom is -0.478 e. The zero-order valence-electron chi connectivity index (χ0n) is 9.47. The first-order valence-electron chi connectivity index (χ1n) is 4.64. The Kier molecular flexibility index (Phi) is 5.44. The zero-order chi connectivity index (χ0) is 15.9. The van der Waals surface area contributed by atoms with E-state index in [-0.39, 0.29) is 28.9 Å². The van der Waals surface area contributed by atoms with Gasteiger partial charge in [0.05, 0.1) is 22.3 Å². The first-order valence-corrected chi connectivity index (χ1v) is 4.64. The average Bonchev–Trinajstić information content (AvgIpc) is 2.24. The maximum absolute atomic E-state index is 12.5. The van der Waals surface area contributed by atoms with Crippen LogP contribution in [0.1, 0.15) is 31.8 Å². The molecular weight excluding hydrogens is 357 g/mol. The van der Waals surface area contributed by atoms with E-state index in [4.69, 9.17) is 10.2 Å². The minimum absolute atomic E-state index is 0. The van der Waals surface area contributed by atoms with Gasteiger partial charge in [-0.2, -0.15) is 26.3 Å². The topological polar surface area (TPSA) is 74.6 Å². The van der Waals surface area contributed by atoms with E-state index in [0.717, 1.165) is 0 Å². The van der Waals surface area contributed by atoms with Gasteiger partial charge in [0.1, 0.15) is 0 Å². The molecule has 2 N–H and O–H groups in total. The molecule has 0 amide bonds. The second kappa shape index (κ2) is 5.93. The van der Waals surface area contributed by atoms with Gasteiger partial charge in [0, 0.05) is 16.8 Å². The second-order valence-electron chi connectivity index (χ2n) is 3.55. The fraction of sp³-hybridized carbons (Fsp3) is 0.200. The summed E-state index contributed by atoms with van der Waals surface area (Å²) in [5.41, 5.74) is -7.27. The molecule has 1 aromatic rings. The standard InChI is InChI=1S/C10H4F6O4.Co/c11-9(12,13)5-1-3(7(17)18)6(10(14,15)16)2-4(5)8(19)20;/h1-2H,(H,17,18)(H,19,20);. The summed E-state index contributed by atoms with van der Waals surface area (Å²) in [6.45, 7) is 0. The van der Waals surface area contributed by atoms with Crippen LogP contribution in [-0.2, 0) is 29.1 Å². The van der Waals surface area contributed by atoms with Crippen LogP contribution in [0.4, 0.5) is 26.3 Å². The Bertz CT molecular complexity index is 526. The SMILES string of the molecule is O=C(O)c1cc(C(F)(F)F)c(C(=O)O)cc1C(F)(F)F.[Co]. The van der Waals surface area contributed by atoms with Gasteiger partial charge in [0.2, 0.25) is 0 Å². The molecule has 11 heteroatoms. The largest absolute Gasteiger partial charge is 0.478 e. The number of carboxylic acids is 2. The minimum atomic E-state index is -5.30. The summed E-state index contributed by atoms with van der Waals surface area (Å²) in [5.74, 6) is -4.50. The second-order valence-corrected chi connectivity index (χ2v) is 3.55. The van der Waals surface area contributed by atoms with E-state index >= 15 is 0 Å². The number of halogens is 6. The van der Waals surface area contributed by atoms with Crippen molar-refractivity contribution in [2.45, 2.75) is 12.4 Å². The number of benzene rings is 1. The zero-order valence-corrected chi connectivity index (χ0v) is 10.5. The molecular formula is C10H4CoF6O4. The number of hydrogen-bond donors (Lipinski definition) is 2. The molecule has 0 heterocycles. The Hall–Kier alpha value is -1.75. The summed E-state index contributed by atoms with van der Waals surface area (Å²) in [6.07, 6.45) is -10.6.